The highest BCUT2D eigenvalue weighted by atomic mass is 127. The van der Waals surface area contributed by atoms with E-state index in [1.807, 2.05) is 20.8 Å². The molecule has 0 radical (unpaired) electrons. The Kier molecular flexibility index (Phi) is 6.25. The van der Waals surface area contributed by atoms with Gasteiger partial charge < -0.3 is 14.9 Å². The maximum absolute atomic E-state index is 11.5. The van der Waals surface area contributed by atoms with E-state index in [9.17, 15) is 4.79 Å². The minimum Gasteiger partial charge on any atom is -0.444 e. The van der Waals surface area contributed by atoms with Gasteiger partial charge in [-0.1, -0.05) is 0 Å². The molecule has 6 heteroatoms. The number of hydrogen-bond donors (Lipinski definition) is 2. The predicted octanol–water partition coefficient (Wildman–Crippen LogP) is 3.23. The molecule has 1 heterocycles. The Morgan fingerprint density at radius 3 is 2.53 bits per heavy atom. The van der Waals surface area contributed by atoms with Crippen LogP contribution in [-0.4, -0.2) is 30.6 Å². The van der Waals surface area contributed by atoms with Crippen molar-refractivity contribution >= 4 is 34.4 Å². The van der Waals surface area contributed by atoms with Crippen molar-refractivity contribution in [2.45, 2.75) is 39.2 Å². The van der Waals surface area contributed by atoms with E-state index in [-0.39, 0.29) is 5.92 Å². The quantitative estimate of drug-likeness (QED) is 0.583. The first-order chi connectivity index (χ1) is 8.79. The molecule has 0 aromatic rings. The number of halogens is 1. The minimum atomic E-state index is -0.516. The number of amides is 1. The van der Waals surface area contributed by atoms with Gasteiger partial charge in [-0.15, -0.1) is 0 Å². The van der Waals surface area contributed by atoms with Crippen molar-refractivity contribution in [1.82, 2.24) is 5.32 Å². The molecule has 0 saturated carbocycles. The van der Waals surface area contributed by atoms with Crippen LogP contribution in [0.2, 0.25) is 0 Å². The van der Waals surface area contributed by atoms with E-state index in [1.54, 1.807) is 0 Å². The highest BCUT2D eigenvalue weighted by molar-refractivity contribution is 14.1. The van der Waals surface area contributed by atoms with Crippen LogP contribution in [0.4, 0.5) is 4.79 Å². The Morgan fingerprint density at radius 1 is 1.42 bits per heavy atom. The molecule has 0 spiro atoms. The van der Waals surface area contributed by atoms with Crippen LogP contribution < -0.4 is 5.32 Å². The van der Waals surface area contributed by atoms with Crippen LogP contribution in [0.3, 0.4) is 0 Å². The number of nitrogens with one attached hydrogen (secondary N) is 2. The Balaban J connectivity index is 2.47. The molecular weight excluding hydrogens is 359 g/mol. The summed E-state index contributed by atoms with van der Waals surface area (Å²) in [4.78, 5) is 11.5. The van der Waals surface area contributed by atoms with Gasteiger partial charge in [0.25, 0.3) is 0 Å². The highest BCUT2D eigenvalue weighted by Gasteiger charge is 2.20. The third-order valence-electron chi connectivity index (χ3n) is 2.60. The first-order valence-corrected chi connectivity index (χ1v) is 7.39. The van der Waals surface area contributed by atoms with Crippen molar-refractivity contribution in [3.05, 3.63) is 9.78 Å². The van der Waals surface area contributed by atoms with Gasteiger partial charge in [0.05, 0.1) is 3.58 Å². The summed E-state index contributed by atoms with van der Waals surface area (Å²) in [5, 5.41) is 10.6. The largest absolute Gasteiger partial charge is 0.444 e. The first kappa shape index (κ1) is 16.4. The molecule has 0 atom stereocenters. The Bertz CT molecular complexity index is 369. The molecular formula is C13H21IN2O3. The first-order valence-electron chi connectivity index (χ1n) is 6.31. The average molecular weight is 380 g/mol. The number of rotatable bonds is 3. The summed E-state index contributed by atoms with van der Waals surface area (Å²) in [6.45, 7) is 6.84. The zero-order valence-electron chi connectivity index (χ0n) is 11.6. The Hall–Kier alpha value is -0.630. The average Bonchev–Trinajstić information content (AvgIpc) is 2.34. The number of carbonyl (C=O) groups excluding carboxylic acids is 1. The fourth-order valence-corrected chi connectivity index (χ4v) is 2.28. The lowest BCUT2D eigenvalue weighted by atomic mass is 9.95. The monoisotopic (exact) mass is 380 g/mol. The third-order valence-corrected chi connectivity index (χ3v) is 3.49. The van der Waals surface area contributed by atoms with Gasteiger partial charge in [-0.05, 0) is 56.2 Å². The smallest absolute Gasteiger partial charge is 0.411 e. The highest BCUT2D eigenvalue weighted by Crippen LogP contribution is 2.22. The number of hydrogen-bond acceptors (Lipinski definition) is 4. The molecule has 5 nitrogen and oxygen atoms in total. The lowest BCUT2D eigenvalue weighted by Crippen LogP contribution is -2.30. The van der Waals surface area contributed by atoms with Crippen molar-refractivity contribution in [2.75, 3.05) is 13.2 Å². The second-order valence-corrected chi connectivity index (χ2v) is 6.60. The summed E-state index contributed by atoms with van der Waals surface area (Å²) < 4.78 is 11.1. The van der Waals surface area contributed by atoms with E-state index in [2.05, 4.69) is 27.9 Å². The fraction of sp³-hybridized carbons (Fsp3) is 0.692. The van der Waals surface area contributed by atoms with E-state index >= 15 is 0 Å². The van der Waals surface area contributed by atoms with Gasteiger partial charge in [0.15, 0.2) is 0 Å². The summed E-state index contributed by atoms with van der Waals surface area (Å²) >= 11 is 2.07. The van der Waals surface area contributed by atoms with Crippen molar-refractivity contribution in [1.29, 1.82) is 5.41 Å². The van der Waals surface area contributed by atoms with Crippen LogP contribution in [0.1, 0.15) is 33.6 Å². The molecule has 0 aromatic carbocycles. The van der Waals surface area contributed by atoms with E-state index < -0.39 is 11.7 Å². The maximum Gasteiger partial charge on any atom is 0.411 e. The lowest BCUT2D eigenvalue weighted by molar-refractivity contribution is 0.0552. The van der Waals surface area contributed by atoms with Crippen molar-refractivity contribution in [3.8, 4) is 0 Å². The van der Waals surface area contributed by atoms with Crippen molar-refractivity contribution < 1.29 is 14.3 Å². The second-order valence-electron chi connectivity index (χ2n) is 5.44. The molecule has 1 amide bonds. The fourth-order valence-electron chi connectivity index (χ4n) is 1.69. The summed E-state index contributed by atoms with van der Waals surface area (Å²) in [6, 6.07) is 0. The van der Waals surface area contributed by atoms with Crippen LogP contribution in [0, 0.1) is 11.3 Å². The number of carbonyl (C=O) groups is 1. The third kappa shape index (κ3) is 6.38. The Labute approximate surface area is 127 Å². The van der Waals surface area contributed by atoms with E-state index in [0.717, 1.165) is 16.4 Å². The number of alkyl carbamates (subject to hydrolysis) is 1. The van der Waals surface area contributed by atoms with Gasteiger partial charge in [0.2, 0.25) is 0 Å². The molecule has 0 unspecified atom stereocenters. The molecule has 1 rings (SSSR count). The molecule has 2 N–H and O–H groups in total. The molecule has 1 fully saturated rings. The predicted molar refractivity (Wildman–Crippen MR) is 82.7 cm³/mol. The molecule has 1 saturated heterocycles. The van der Waals surface area contributed by atoms with E-state index in [1.165, 1.54) is 6.20 Å². The minimum absolute atomic E-state index is 0.220. The second kappa shape index (κ2) is 7.23. The van der Waals surface area contributed by atoms with Gasteiger partial charge in [-0.3, -0.25) is 5.32 Å². The standard InChI is InChI=1S/C13H21IN2O3/c1-13(2,3)19-12(17)16-8-10(14)11(15)9-4-6-18-7-5-9/h8-9,15H,4-7H2,1-3H3,(H,16,17)/b10-8+,15-11?. The summed E-state index contributed by atoms with van der Waals surface area (Å²) in [5.74, 6) is 0.220. The van der Waals surface area contributed by atoms with Crippen molar-refractivity contribution in [3.63, 3.8) is 0 Å². The zero-order valence-corrected chi connectivity index (χ0v) is 13.7. The summed E-state index contributed by atoms with van der Waals surface area (Å²) in [7, 11) is 0. The van der Waals surface area contributed by atoms with Gasteiger partial charge in [-0.2, -0.15) is 0 Å². The van der Waals surface area contributed by atoms with Gasteiger partial charge in [0.1, 0.15) is 5.60 Å². The van der Waals surface area contributed by atoms with Crippen LogP contribution in [0.25, 0.3) is 0 Å². The number of allylic oxidation sites excluding steroid dienone is 1. The molecule has 0 bridgehead atoms. The summed E-state index contributed by atoms with van der Waals surface area (Å²) in [6.07, 6.45) is 2.77. The molecule has 108 valence electrons. The SMILES string of the molecule is CC(C)(C)OC(=O)N/C=C(/I)C(=N)C1CCOCC1. The normalized spacial score (nSPS) is 18.0. The zero-order chi connectivity index (χ0) is 14.5. The van der Waals surface area contributed by atoms with Crippen LogP contribution in [0.15, 0.2) is 9.78 Å². The lowest BCUT2D eigenvalue weighted by Gasteiger charge is -2.22. The molecule has 1 aliphatic rings. The summed E-state index contributed by atoms with van der Waals surface area (Å²) in [5.41, 5.74) is 0.0392. The number of ether oxygens (including phenoxy) is 2. The van der Waals surface area contributed by atoms with Gasteiger partial charge in [-0.25, -0.2) is 4.79 Å². The molecule has 0 aliphatic carbocycles. The van der Waals surface area contributed by atoms with Crippen molar-refractivity contribution in [2.24, 2.45) is 5.92 Å². The van der Waals surface area contributed by atoms with Gasteiger partial charge in [0, 0.05) is 31.0 Å². The van der Waals surface area contributed by atoms with Gasteiger partial charge >= 0.3 is 6.09 Å². The van der Waals surface area contributed by atoms with Crippen LogP contribution in [-0.2, 0) is 9.47 Å². The molecule has 1 aliphatic heterocycles. The van der Waals surface area contributed by atoms with E-state index in [4.69, 9.17) is 14.9 Å². The van der Waals surface area contributed by atoms with Crippen LogP contribution >= 0.6 is 22.6 Å². The Morgan fingerprint density at radius 2 is 2.00 bits per heavy atom. The van der Waals surface area contributed by atoms with Crippen LogP contribution in [0.5, 0.6) is 0 Å². The maximum atomic E-state index is 11.5. The molecule has 0 aromatic heterocycles. The van der Waals surface area contributed by atoms with E-state index in [0.29, 0.717) is 18.9 Å². The topological polar surface area (TPSA) is 71.4 Å². The molecule has 19 heavy (non-hydrogen) atoms.